The van der Waals surface area contributed by atoms with E-state index in [2.05, 4.69) is 9.97 Å². The van der Waals surface area contributed by atoms with Crippen LogP contribution in [0.3, 0.4) is 0 Å². The largest absolute Gasteiger partial charge is 0.481 e. The number of rotatable bonds is 2. The molecule has 1 aliphatic carbocycles. The minimum Gasteiger partial charge on any atom is -0.481 e. The number of halogens is 2. The standard InChI is InChI=1S/C15H12F2N2O2/c16-11-3-1-8(6-12(11)17)14-18-7-10-5-9(15(20)21)2-4-13(10)19-14/h1,3,6-7,9H,2,4-5H2,(H,20,21). The zero-order valence-electron chi connectivity index (χ0n) is 11.0. The van der Waals surface area contributed by atoms with Crippen LogP contribution in [0.25, 0.3) is 11.4 Å². The number of nitrogens with zero attached hydrogens (tertiary/aromatic N) is 2. The maximum absolute atomic E-state index is 13.2. The van der Waals surface area contributed by atoms with Crippen molar-refractivity contribution in [2.24, 2.45) is 5.92 Å². The van der Waals surface area contributed by atoms with E-state index in [1.807, 2.05) is 0 Å². The van der Waals surface area contributed by atoms with Crippen molar-refractivity contribution >= 4 is 5.97 Å². The highest BCUT2D eigenvalue weighted by atomic mass is 19.2. The first-order valence-corrected chi connectivity index (χ1v) is 6.57. The molecule has 6 heteroatoms. The molecule has 3 rings (SSSR count). The summed E-state index contributed by atoms with van der Waals surface area (Å²) in [6.07, 6.45) is 3.05. The molecular weight excluding hydrogens is 278 g/mol. The van der Waals surface area contributed by atoms with Crippen molar-refractivity contribution in [2.75, 3.05) is 0 Å². The van der Waals surface area contributed by atoms with E-state index < -0.39 is 23.5 Å². The lowest BCUT2D eigenvalue weighted by atomic mass is 9.87. The zero-order valence-corrected chi connectivity index (χ0v) is 11.0. The summed E-state index contributed by atoms with van der Waals surface area (Å²) in [5.41, 5.74) is 1.99. The first-order valence-electron chi connectivity index (χ1n) is 6.57. The molecule has 0 radical (unpaired) electrons. The van der Waals surface area contributed by atoms with Crippen LogP contribution in [0.2, 0.25) is 0 Å². The summed E-state index contributed by atoms with van der Waals surface area (Å²) >= 11 is 0. The molecule has 0 aliphatic heterocycles. The lowest BCUT2D eigenvalue weighted by Crippen LogP contribution is -2.23. The lowest BCUT2D eigenvalue weighted by Gasteiger charge is -2.20. The molecule has 1 aliphatic rings. The lowest BCUT2D eigenvalue weighted by molar-refractivity contribution is -0.142. The fourth-order valence-electron chi connectivity index (χ4n) is 2.49. The van der Waals surface area contributed by atoms with E-state index in [-0.39, 0.29) is 0 Å². The smallest absolute Gasteiger partial charge is 0.306 e. The predicted molar refractivity (Wildman–Crippen MR) is 70.5 cm³/mol. The number of aliphatic carboxylic acids is 1. The number of carboxylic acid groups (broad SMARTS) is 1. The van der Waals surface area contributed by atoms with Crippen molar-refractivity contribution in [1.82, 2.24) is 9.97 Å². The summed E-state index contributed by atoms with van der Waals surface area (Å²) in [6, 6.07) is 3.51. The molecule has 0 bridgehead atoms. The third-order valence-electron chi connectivity index (χ3n) is 3.68. The number of carbonyl (C=O) groups is 1. The van der Waals surface area contributed by atoms with Crippen LogP contribution in [0.4, 0.5) is 8.78 Å². The van der Waals surface area contributed by atoms with Gasteiger partial charge < -0.3 is 5.11 Å². The minimum atomic E-state index is -0.945. The van der Waals surface area contributed by atoms with Crippen molar-refractivity contribution in [3.63, 3.8) is 0 Å². The zero-order chi connectivity index (χ0) is 15.0. The Balaban J connectivity index is 1.93. The summed E-state index contributed by atoms with van der Waals surface area (Å²) in [4.78, 5) is 19.5. The third-order valence-corrected chi connectivity index (χ3v) is 3.68. The molecule has 0 saturated heterocycles. The molecule has 2 aromatic rings. The van der Waals surface area contributed by atoms with E-state index in [1.165, 1.54) is 6.07 Å². The Kier molecular flexibility index (Phi) is 3.37. The predicted octanol–water partition coefficient (Wildman–Crippen LogP) is 2.61. The fraction of sp³-hybridized carbons (Fsp3) is 0.267. The highest BCUT2D eigenvalue weighted by molar-refractivity contribution is 5.71. The summed E-state index contributed by atoms with van der Waals surface area (Å²) < 4.78 is 26.2. The fourth-order valence-corrected chi connectivity index (χ4v) is 2.49. The van der Waals surface area contributed by atoms with Gasteiger partial charge in [0.05, 0.1) is 5.92 Å². The molecule has 1 aromatic carbocycles. The van der Waals surface area contributed by atoms with Crippen molar-refractivity contribution in [3.8, 4) is 11.4 Å². The second-order valence-electron chi connectivity index (χ2n) is 5.07. The molecule has 0 fully saturated rings. The number of hydrogen-bond acceptors (Lipinski definition) is 3. The van der Waals surface area contributed by atoms with E-state index in [1.54, 1.807) is 6.20 Å². The van der Waals surface area contributed by atoms with Crippen LogP contribution in [0, 0.1) is 17.6 Å². The van der Waals surface area contributed by atoms with Crippen molar-refractivity contribution < 1.29 is 18.7 Å². The van der Waals surface area contributed by atoms with Crippen LogP contribution in [-0.2, 0) is 17.6 Å². The van der Waals surface area contributed by atoms with Crippen LogP contribution in [-0.4, -0.2) is 21.0 Å². The SMILES string of the molecule is O=C(O)C1CCc2nc(-c3ccc(F)c(F)c3)ncc2C1. The highest BCUT2D eigenvalue weighted by Crippen LogP contribution is 2.26. The Morgan fingerprint density at radius 2 is 2.10 bits per heavy atom. The molecule has 0 amide bonds. The molecule has 1 heterocycles. The Bertz CT molecular complexity index is 719. The van der Waals surface area contributed by atoms with Gasteiger partial charge in [-0.05, 0) is 43.0 Å². The van der Waals surface area contributed by atoms with E-state index in [0.29, 0.717) is 30.7 Å². The molecule has 21 heavy (non-hydrogen) atoms. The van der Waals surface area contributed by atoms with Crippen LogP contribution < -0.4 is 0 Å². The third kappa shape index (κ3) is 2.61. The van der Waals surface area contributed by atoms with Crippen LogP contribution in [0.1, 0.15) is 17.7 Å². The van der Waals surface area contributed by atoms with Gasteiger partial charge in [0.15, 0.2) is 17.5 Å². The summed E-state index contributed by atoms with van der Waals surface area (Å²) in [5, 5.41) is 9.03. The maximum atomic E-state index is 13.2. The van der Waals surface area contributed by atoms with Crippen molar-refractivity contribution in [2.45, 2.75) is 19.3 Å². The van der Waals surface area contributed by atoms with Crippen LogP contribution in [0.15, 0.2) is 24.4 Å². The Labute approximate surface area is 119 Å². The molecule has 1 N–H and O–H groups in total. The molecule has 0 saturated carbocycles. The monoisotopic (exact) mass is 290 g/mol. The summed E-state index contributed by atoms with van der Waals surface area (Å²) in [5.74, 6) is -2.76. The number of aromatic nitrogens is 2. The molecule has 1 aromatic heterocycles. The van der Waals surface area contributed by atoms with Gasteiger partial charge >= 0.3 is 5.97 Å². The molecule has 0 spiro atoms. The van der Waals surface area contributed by atoms with E-state index in [9.17, 15) is 13.6 Å². The number of carboxylic acids is 1. The van der Waals surface area contributed by atoms with Gasteiger partial charge in [-0.3, -0.25) is 4.79 Å². The van der Waals surface area contributed by atoms with Crippen LogP contribution in [0.5, 0.6) is 0 Å². The Hall–Kier alpha value is -2.37. The average molecular weight is 290 g/mol. The van der Waals surface area contributed by atoms with E-state index in [0.717, 1.165) is 23.4 Å². The van der Waals surface area contributed by atoms with Gasteiger partial charge in [0.2, 0.25) is 0 Å². The first-order chi connectivity index (χ1) is 10.0. The van der Waals surface area contributed by atoms with Gasteiger partial charge in [0.25, 0.3) is 0 Å². The number of fused-ring (bicyclic) bond motifs is 1. The molecular formula is C15H12F2N2O2. The number of aryl methyl sites for hydroxylation is 1. The van der Waals surface area contributed by atoms with E-state index in [4.69, 9.17) is 5.11 Å². The second kappa shape index (κ2) is 5.20. The van der Waals surface area contributed by atoms with Gasteiger partial charge in [0.1, 0.15) is 0 Å². The number of benzene rings is 1. The van der Waals surface area contributed by atoms with Crippen molar-refractivity contribution in [3.05, 3.63) is 47.3 Å². The molecule has 1 atom stereocenters. The molecule has 4 nitrogen and oxygen atoms in total. The Morgan fingerprint density at radius 1 is 1.29 bits per heavy atom. The van der Waals surface area contributed by atoms with Gasteiger partial charge in [-0.1, -0.05) is 0 Å². The quantitative estimate of drug-likeness (QED) is 0.923. The number of hydrogen-bond donors (Lipinski definition) is 1. The van der Waals surface area contributed by atoms with E-state index >= 15 is 0 Å². The summed E-state index contributed by atoms with van der Waals surface area (Å²) in [7, 11) is 0. The van der Waals surface area contributed by atoms with Gasteiger partial charge in [-0.2, -0.15) is 0 Å². The second-order valence-corrected chi connectivity index (χ2v) is 5.07. The first kappa shape index (κ1) is 13.6. The van der Waals surface area contributed by atoms with Crippen molar-refractivity contribution in [1.29, 1.82) is 0 Å². The minimum absolute atomic E-state index is 0.321. The normalized spacial score (nSPS) is 17.3. The highest BCUT2D eigenvalue weighted by Gasteiger charge is 2.25. The topological polar surface area (TPSA) is 63.1 Å². The Morgan fingerprint density at radius 3 is 2.81 bits per heavy atom. The average Bonchev–Trinajstić information content (AvgIpc) is 2.49. The van der Waals surface area contributed by atoms with Gasteiger partial charge in [0, 0.05) is 17.5 Å². The van der Waals surface area contributed by atoms with Gasteiger partial charge in [-0.25, -0.2) is 18.7 Å². The molecule has 1 unspecified atom stereocenters. The van der Waals surface area contributed by atoms with Crippen LogP contribution >= 0.6 is 0 Å². The maximum Gasteiger partial charge on any atom is 0.306 e. The summed E-state index contributed by atoms with van der Waals surface area (Å²) in [6.45, 7) is 0. The van der Waals surface area contributed by atoms with Gasteiger partial charge in [-0.15, -0.1) is 0 Å². The molecule has 108 valence electrons.